The standard InChI is InChI=1S/C4H11O3PS2/c1-3-10-4(2)7-8(5,6)9/h4H,3H2,1-2H3,(H2,5,6,9). The molecule has 0 rings (SSSR count). The van der Waals surface area contributed by atoms with Crippen LogP contribution in [0.25, 0.3) is 0 Å². The Balaban J connectivity index is 3.58. The molecule has 0 heterocycles. The van der Waals surface area contributed by atoms with Gasteiger partial charge in [0.2, 0.25) is 0 Å². The van der Waals surface area contributed by atoms with Crippen LogP contribution in [0.15, 0.2) is 0 Å². The zero-order valence-corrected chi connectivity index (χ0v) is 8.38. The summed E-state index contributed by atoms with van der Waals surface area (Å²) in [7, 11) is 0. The quantitative estimate of drug-likeness (QED) is 0.531. The number of rotatable bonds is 4. The van der Waals surface area contributed by atoms with Crippen molar-refractivity contribution >= 4 is 30.3 Å². The van der Waals surface area contributed by atoms with E-state index in [2.05, 4.69) is 16.3 Å². The molecule has 0 radical (unpaired) electrons. The Bertz CT molecular complexity index is 134. The van der Waals surface area contributed by atoms with Gasteiger partial charge in [-0.15, -0.1) is 11.8 Å². The highest BCUT2D eigenvalue weighted by atomic mass is 32.5. The first-order valence-corrected chi connectivity index (χ1v) is 6.48. The molecule has 3 nitrogen and oxygen atoms in total. The maximum atomic E-state index is 8.66. The predicted molar refractivity (Wildman–Crippen MR) is 47.4 cm³/mol. The third-order valence-corrected chi connectivity index (χ3v) is 2.58. The smallest absolute Gasteiger partial charge is 0.322 e. The molecule has 0 amide bonds. The summed E-state index contributed by atoms with van der Waals surface area (Å²) in [6, 6.07) is 0. The Hall–Kier alpha value is 0.880. The topological polar surface area (TPSA) is 49.7 Å². The lowest BCUT2D eigenvalue weighted by Gasteiger charge is -2.13. The molecule has 0 aromatic carbocycles. The molecule has 0 saturated heterocycles. The SMILES string of the molecule is CCSC(C)OP(O)(O)=S. The van der Waals surface area contributed by atoms with Crippen molar-refractivity contribution in [1.29, 1.82) is 0 Å². The predicted octanol–water partition coefficient (Wildman–Crippen LogP) is 1.31. The molecule has 10 heavy (non-hydrogen) atoms. The van der Waals surface area contributed by atoms with Crippen LogP contribution in [0.4, 0.5) is 0 Å². The first kappa shape index (κ1) is 10.9. The van der Waals surface area contributed by atoms with E-state index >= 15 is 0 Å². The zero-order chi connectivity index (χ0) is 8.20. The molecule has 0 spiro atoms. The third kappa shape index (κ3) is 6.99. The van der Waals surface area contributed by atoms with Crippen LogP contribution in [0, 0.1) is 0 Å². The van der Waals surface area contributed by atoms with Gasteiger partial charge in [0.25, 0.3) is 0 Å². The van der Waals surface area contributed by atoms with Crippen molar-refractivity contribution in [3.05, 3.63) is 0 Å². The summed E-state index contributed by atoms with van der Waals surface area (Å²) in [5.41, 5.74) is -0.231. The van der Waals surface area contributed by atoms with Crippen LogP contribution in [-0.4, -0.2) is 21.0 Å². The van der Waals surface area contributed by atoms with E-state index in [1.807, 2.05) is 6.92 Å². The molecule has 0 aromatic heterocycles. The normalized spacial score (nSPS) is 15.2. The molecule has 0 saturated carbocycles. The Morgan fingerprint density at radius 2 is 2.20 bits per heavy atom. The van der Waals surface area contributed by atoms with Crippen molar-refractivity contribution < 1.29 is 14.3 Å². The van der Waals surface area contributed by atoms with Crippen LogP contribution in [0.3, 0.4) is 0 Å². The molecule has 1 unspecified atom stereocenters. The average molecular weight is 202 g/mol. The Morgan fingerprint density at radius 1 is 1.70 bits per heavy atom. The molecule has 0 aliphatic carbocycles. The molecule has 6 heteroatoms. The molecule has 0 aliphatic rings. The van der Waals surface area contributed by atoms with Crippen LogP contribution < -0.4 is 0 Å². The summed E-state index contributed by atoms with van der Waals surface area (Å²) in [4.78, 5) is 17.3. The average Bonchev–Trinajstić information content (AvgIpc) is 1.59. The van der Waals surface area contributed by atoms with Gasteiger partial charge in [-0.1, -0.05) is 6.92 Å². The van der Waals surface area contributed by atoms with Gasteiger partial charge in [-0.05, 0) is 24.5 Å². The summed E-state index contributed by atoms with van der Waals surface area (Å²) in [6.07, 6.45) is 0. The van der Waals surface area contributed by atoms with Crippen molar-refractivity contribution in [2.45, 2.75) is 19.3 Å². The highest BCUT2D eigenvalue weighted by molar-refractivity contribution is 8.07. The summed E-state index contributed by atoms with van der Waals surface area (Å²) >= 11 is 5.74. The monoisotopic (exact) mass is 202 g/mol. The largest absolute Gasteiger partial charge is 0.325 e. The van der Waals surface area contributed by atoms with Crippen LogP contribution >= 0.6 is 18.5 Å². The van der Waals surface area contributed by atoms with Gasteiger partial charge in [-0.25, -0.2) is 0 Å². The van der Waals surface area contributed by atoms with E-state index in [-0.39, 0.29) is 5.44 Å². The molecule has 62 valence electrons. The Kier molecular flexibility index (Phi) is 5.11. The van der Waals surface area contributed by atoms with E-state index in [0.717, 1.165) is 5.75 Å². The van der Waals surface area contributed by atoms with Gasteiger partial charge < -0.3 is 9.79 Å². The van der Waals surface area contributed by atoms with Crippen molar-refractivity contribution in [3.63, 3.8) is 0 Å². The fraction of sp³-hybridized carbons (Fsp3) is 1.00. The summed E-state index contributed by atoms with van der Waals surface area (Å²) in [6.45, 7) is 0.260. The fourth-order valence-electron chi connectivity index (χ4n) is 0.459. The molecule has 1 atom stereocenters. The number of hydrogen-bond donors (Lipinski definition) is 2. The first-order valence-electron chi connectivity index (χ1n) is 2.81. The van der Waals surface area contributed by atoms with E-state index in [1.54, 1.807) is 6.92 Å². The molecular weight excluding hydrogens is 191 g/mol. The van der Waals surface area contributed by atoms with Crippen molar-refractivity contribution in [1.82, 2.24) is 0 Å². The van der Waals surface area contributed by atoms with E-state index in [4.69, 9.17) is 9.79 Å². The first-order chi connectivity index (χ1) is 4.45. The lowest BCUT2D eigenvalue weighted by Crippen LogP contribution is -2.00. The lowest BCUT2D eigenvalue weighted by atomic mass is 10.9. The van der Waals surface area contributed by atoms with Crippen LogP contribution in [0.2, 0.25) is 0 Å². The van der Waals surface area contributed by atoms with Gasteiger partial charge in [0, 0.05) is 0 Å². The maximum Gasteiger partial charge on any atom is 0.322 e. The molecule has 0 aromatic rings. The summed E-state index contributed by atoms with van der Waals surface area (Å²) < 4.78 is 4.68. The van der Waals surface area contributed by atoms with Crippen molar-refractivity contribution in [3.8, 4) is 0 Å². The van der Waals surface area contributed by atoms with E-state index in [9.17, 15) is 0 Å². The molecular formula is C4H11O3PS2. The zero-order valence-electron chi connectivity index (χ0n) is 5.85. The highest BCUT2D eigenvalue weighted by Gasteiger charge is 2.12. The lowest BCUT2D eigenvalue weighted by molar-refractivity contribution is 0.244. The van der Waals surface area contributed by atoms with Gasteiger partial charge in [-0.3, -0.25) is 4.52 Å². The Morgan fingerprint density at radius 3 is 2.50 bits per heavy atom. The van der Waals surface area contributed by atoms with E-state index in [0.29, 0.717) is 0 Å². The molecule has 0 aliphatic heterocycles. The third-order valence-electron chi connectivity index (χ3n) is 0.687. The van der Waals surface area contributed by atoms with Gasteiger partial charge in [0.15, 0.2) is 0 Å². The highest BCUT2D eigenvalue weighted by Crippen LogP contribution is 2.40. The van der Waals surface area contributed by atoms with Gasteiger partial charge in [0.1, 0.15) is 5.44 Å². The maximum absolute atomic E-state index is 8.66. The van der Waals surface area contributed by atoms with Crippen molar-refractivity contribution in [2.75, 3.05) is 5.75 Å². The second-order valence-electron chi connectivity index (χ2n) is 1.62. The summed E-state index contributed by atoms with van der Waals surface area (Å²) in [5.74, 6) is 0.872. The summed E-state index contributed by atoms with van der Waals surface area (Å²) in [5, 5.41) is 0. The van der Waals surface area contributed by atoms with Gasteiger partial charge in [-0.2, -0.15) is 0 Å². The van der Waals surface area contributed by atoms with Crippen LogP contribution in [0.5, 0.6) is 0 Å². The fourth-order valence-corrected chi connectivity index (χ4v) is 2.47. The van der Waals surface area contributed by atoms with E-state index < -0.39 is 6.72 Å². The molecule has 0 fully saturated rings. The molecule has 2 N–H and O–H groups in total. The van der Waals surface area contributed by atoms with Crippen LogP contribution in [0.1, 0.15) is 13.8 Å². The minimum atomic E-state index is -3.44. The Labute approximate surface area is 70.0 Å². The second-order valence-corrected chi connectivity index (χ2v) is 5.81. The van der Waals surface area contributed by atoms with Gasteiger partial charge in [0.05, 0.1) is 0 Å². The minimum absolute atomic E-state index is 0.231. The second kappa shape index (κ2) is 4.70. The van der Waals surface area contributed by atoms with Crippen molar-refractivity contribution in [2.24, 2.45) is 0 Å². The number of hydrogen-bond acceptors (Lipinski definition) is 3. The van der Waals surface area contributed by atoms with E-state index in [1.165, 1.54) is 11.8 Å². The molecule has 0 bridgehead atoms. The number of thioether (sulfide) groups is 1. The van der Waals surface area contributed by atoms with Gasteiger partial charge >= 0.3 is 6.72 Å². The minimum Gasteiger partial charge on any atom is -0.325 e. The van der Waals surface area contributed by atoms with Crippen LogP contribution in [-0.2, 0) is 16.3 Å².